The molecule has 6 heteroatoms. The smallest absolute Gasteiger partial charge is 0.350 e. The highest BCUT2D eigenvalue weighted by Gasteiger charge is 2.47. The molecule has 0 saturated heterocycles. The molecule has 0 amide bonds. The maximum absolute atomic E-state index is 11.8. The predicted octanol–water partition coefficient (Wildman–Crippen LogP) is 0.638. The van der Waals surface area contributed by atoms with Gasteiger partial charge in [0.25, 0.3) is 5.60 Å². The highest BCUT2D eigenvalue weighted by Crippen LogP contribution is 2.17. The molecule has 0 aliphatic carbocycles. The van der Waals surface area contributed by atoms with Crippen LogP contribution >= 0.6 is 0 Å². The molecule has 0 aromatic heterocycles. The Hall–Kier alpha value is -2.21. The summed E-state index contributed by atoms with van der Waals surface area (Å²) < 4.78 is 4.48. The summed E-state index contributed by atoms with van der Waals surface area (Å²) in [5.41, 5.74) is -2.64. The third kappa shape index (κ3) is 3.38. The van der Waals surface area contributed by atoms with E-state index in [9.17, 15) is 19.5 Å². The first-order chi connectivity index (χ1) is 8.91. The summed E-state index contributed by atoms with van der Waals surface area (Å²) in [6.07, 6.45) is -0.870. The van der Waals surface area contributed by atoms with Gasteiger partial charge in [0.1, 0.15) is 0 Å². The minimum atomic E-state index is -2.86. The molecular weight excluding hydrogens is 252 g/mol. The predicted molar refractivity (Wildman–Crippen MR) is 64.6 cm³/mol. The Kier molecular flexibility index (Phi) is 4.77. The second-order valence-corrected chi connectivity index (χ2v) is 3.85. The van der Waals surface area contributed by atoms with E-state index in [1.54, 1.807) is 18.2 Å². The van der Waals surface area contributed by atoms with E-state index < -0.39 is 29.7 Å². The lowest BCUT2D eigenvalue weighted by atomic mass is 9.94. The van der Waals surface area contributed by atoms with Crippen molar-refractivity contribution in [3.63, 3.8) is 0 Å². The van der Waals surface area contributed by atoms with Gasteiger partial charge in [-0.25, -0.2) is 9.59 Å². The average Bonchev–Trinajstić information content (AvgIpc) is 2.39. The van der Waals surface area contributed by atoms with Gasteiger partial charge in [0, 0.05) is 5.56 Å². The molecule has 0 spiro atoms. The topological polar surface area (TPSA) is 101 Å². The van der Waals surface area contributed by atoms with E-state index in [0.717, 1.165) is 0 Å². The Morgan fingerprint density at radius 1 is 1.21 bits per heavy atom. The van der Waals surface area contributed by atoms with Crippen LogP contribution in [0.3, 0.4) is 0 Å². The number of ketones is 1. The van der Waals surface area contributed by atoms with Gasteiger partial charge in [-0.05, 0) is 6.92 Å². The highest BCUT2D eigenvalue weighted by molar-refractivity contribution is 6.09. The first-order valence-electron chi connectivity index (χ1n) is 5.63. The molecule has 1 aromatic rings. The van der Waals surface area contributed by atoms with E-state index in [-0.39, 0.29) is 12.2 Å². The van der Waals surface area contributed by atoms with E-state index in [1.807, 2.05) is 0 Å². The van der Waals surface area contributed by atoms with Crippen LogP contribution in [-0.4, -0.2) is 40.1 Å². The average molecular weight is 266 g/mol. The fourth-order valence-electron chi connectivity index (χ4n) is 1.44. The van der Waals surface area contributed by atoms with Gasteiger partial charge < -0.3 is 14.9 Å². The number of carboxylic acid groups (broad SMARTS) is 1. The van der Waals surface area contributed by atoms with E-state index in [2.05, 4.69) is 4.74 Å². The van der Waals surface area contributed by atoms with Crippen molar-refractivity contribution in [3.05, 3.63) is 35.9 Å². The standard InChI is InChI=1S/C13H14O6/c1-2-19-12(17)13(18,11(15)16)8-10(14)9-6-4-3-5-7-9/h3-7,18H,2,8H2,1H3,(H,15,16). The summed E-state index contributed by atoms with van der Waals surface area (Å²) in [4.78, 5) is 34.3. The molecule has 102 valence electrons. The van der Waals surface area contributed by atoms with Gasteiger partial charge in [0.2, 0.25) is 0 Å². The number of carboxylic acids is 1. The number of carbonyl (C=O) groups excluding carboxylic acids is 2. The van der Waals surface area contributed by atoms with Gasteiger partial charge in [-0.1, -0.05) is 30.3 Å². The van der Waals surface area contributed by atoms with Crippen molar-refractivity contribution in [1.82, 2.24) is 0 Å². The zero-order chi connectivity index (χ0) is 14.5. The van der Waals surface area contributed by atoms with Gasteiger partial charge in [-0.15, -0.1) is 0 Å². The summed E-state index contributed by atoms with van der Waals surface area (Å²) in [5.74, 6) is -3.81. The molecule has 1 aromatic carbocycles. The van der Waals surface area contributed by atoms with Crippen molar-refractivity contribution >= 4 is 17.7 Å². The SMILES string of the molecule is CCOC(=O)C(O)(CC(=O)c1ccccc1)C(=O)O. The lowest BCUT2D eigenvalue weighted by Gasteiger charge is -2.20. The van der Waals surface area contributed by atoms with Crippen LogP contribution in [-0.2, 0) is 14.3 Å². The molecule has 0 fully saturated rings. The first-order valence-corrected chi connectivity index (χ1v) is 5.63. The largest absolute Gasteiger partial charge is 0.479 e. The summed E-state index contributed by atoms with van der Waals surface area (Å²) in [6.45, 7) is 1.38. The Morgan fingerprint density at radius 3 is 2.26 bits per heavy atom. The Balaban J connectivity index is 2.94. The van der Waals surface area contributed by atoms with E-state index in [1.165, 1.54) is 19.1 Å². The van der Waals surface area contributed by atoms with Gasteiger partial charge >= 0.3 is 11.9 Å². The minimum absolute atomic E-state index is 0.0893. The van der Waals surface area contributed by atoms with E-state index in [0.29, 0.717) is 0 Å². The normalized spacial score (nSPS) is 13.4. The molecule has 0 heterocycles. The van der Waals surface area contributed by atoms with Crippen LogP contribution in [0.1, 0.15) is 23.7 Å². The molecule has 19 heavy (non-hydrogen) atoms. The monoisotopic (exact) mass is 266 g/mol. The molecule has 2 N–H and O–H groups in total. The number of Topliss-reactive ketones (excluding diaryl/α,β-unsaturated/α-hetero) is 1. The maximum atomic E-state index is 11.8. The van der Waals surface area contributed by atoms with Crippen molar-refractivity contribution in [3.8, 4) is 0 Å². The molecule has 0 saturated carbocycles. The number of rotatable bonds is 6. The number of carbonyl (C=O) groups is 3. The molecule has 0 aliphatic heterocycles. The molecule has 0 radical (unpaired) electrons. The third-order valence-electron chi connectivity index (χ3n) is 2.48. The summed E-state index contributed by atoms with van der Waals surface area (Å²) in [6, 6.07) is 7.81. The zero-order valence-corrected chi connectivity index (χ0v) is 10.3. The van der Waals surface area contributed by atoms with Crippen LogP contribution < -0.4 is 0 Å². The molecule has 0 bridgehead atoms. The van der Waals surface area contributed by atoms with Crippen LogP contribution in [0.4, 0.5) is 0 Å². The van der Waals surface area contributed by atoms with Gasteiger partial charge in [0.15, 0.2) is 5.78 Å². The third-order valence-corrected chi connectivity index (χ3v) is 2.48. The van der Waals surface area contributed by atoms with Crippen molar-refractivity contribution in [2.75, 3.05) is 6.61 Å². The first kappa shape index (κ1) is 14.8. The second-order valence-electron chi connectivity index (χ2n) is 3.85. The number of benzene rings is 1. The number of aliphatic hydroxyl groups is 1. The lowest BCUT2D eigenvalue weighted by molar-refractivity contribution is -0.179. The number of esters is 1. The Labute approximate surface area is 109 Å². The van der Waals surface area contributed by atoms with Crippen LogP contribution in [0.2, 0.25) is 0 Å². The Morgan fingerprint density at radius 2 is 1.79 bits per heavy atom. The highest BCUT2D eigenvalue weighted by atomic mass is 16.6. The van der Waals surface area contributed by atoms with Gasteiger partial charge in [-0.2, -0.15) is 0 Å². The van der Waals surface area contributed by atoms with Crippen LogP contribution in [0.15, 0.2) is 30.3 Å². The number of aliphatic carboxylic acids is 1. The maximum Gasteiger partial charge on any atom is 0.350 e. The van der Waals surface area contributed by atoms with Crippen molar-refractivity contribution in [2.45, 2.75) is 18.9 Å². The van der Waals surface area contributed by atoms with Gasteiger partial charge in [-0.3, -0.25) is 4.79 Å². The number of hydrogen-bond acceptors (Lipinski definition) is 5. The van der Waals surface area contributed by atoms with Crippen molar-refractivity contribution in [2.24, 2.45) is 0 Å². The van der Waals surface area contributed by atoms with Crippen molar-refractivity contribution in [1.29, 1.82) is 0 Å². The minimum Gasteiger partial charge on any atom is -0.479 e. The molecule has 1 unspecified atom stereocenters. The second kappa shape index (κ2) is 6.10. The molecular formula is C13H14O6. The summed E-state index contributed by atoms with van der Waals surface area (Å²) >= 11 is 0. The zero-order valence-electron chi connectivity index (χ0n) is 10.3. The number of ether oxygens (including phenoxy) is 1. The van der Waals surface area contributed by atoms with E-state index >= 15 is 0 Å². The molecule has 6 nitrogen and oxygen atoms in total. The van der Waals surface area contributed by atoms with Crippen LogP contribution in [0.5, 0.6) is 0 Å². The van der Waals surface area contributed by atoms with Crippen molar-refractivity contribution < 1.29 is 29.3 Å². The molecule has 1 atom stereocenters. The van der Waals surface area contributed by atoms with Gasteiger partial charge in [0.05, 0.1) is 13.0 Å². The van der Waals surface area contributed by atoms with Crippen LogP contribution in [0, 0.1) is 0 Å². The van der Waals surface area contributed by atoms with Crippen LogP contribution in [0.25, 0.3) is 0 Å². The Bertz CT molecular complexity index is 481. The fraction of sp³-hybridized carbons (Fsp3) is 0.308. The fourth-order valence-corrected chi connectivity index (χ4v) is 1.44. The summed E-state index contributed by atoms with van der Waals surface area (Å²) in [7, 11) is 0. The summed E-state index contributed by atoms with van der Waals surface area (Å²) in [5, 5.41) is 18.7. The van der Waals surface area contributed by atoms with E-state index in [4.69, 9.17) is 5.11 Å². The molecule has 1 rings (SSSR count). The number of hydrogen-bond donors (Lipinski definition) is 2. The lowest BCUT2D eigenvalue weighted by Crippen LogP contribution is -2.49. The quantitative estimate of drug-likeness (QED) is 0.445. The molecule has 0 aliphatic rings.